The van der Waals surface area contributed by atoms with Crippen LogP contribution >= 0.6 is 27.5 Å². The second-order valence-corrected chi connectivity index (χ2v) is 3.43. The molecule has 0 aliphatic rings. The van der Waals surface area contributed by atoms with Crippen LogP contribution in [0.2, 0.25) is 5.15 Å². The van der Waals surface area contributed by atoms with Crippen LogP contribution in [-0.4, -0.2) is 4.98 Å². The second-order valence-electron chi connectivity index (χ2n) is 2.32. The van der Waals surface area contributed by atoms with Crippen LogP contribution in [0.5, 0.6) is 0 Å². The predicted octanol–water partition coefficient (Wildman–Crippen LogP) is 2.89. The van der Waals surface area contributed by atoms with E-state index in [-0.39, 0.29) is 17.3 Å². The molecule has 2 N–H and O–H groups in total. The minimum Gasteiger partial charge on any atom is -0.326 e. The largest absolute Gasteiger partial charge is 0.326 e. The average Bonchev–Trinajstić information content (AvgIpc) is 2.03. The molecule has 0 aromatic carbocycles. The van der Waals surface area contributed by atoms with Gasteiger partial charge in [0.05, 0.1) is 5.56 Å². The maximum atomic E-state index is 12.3. The Morgan fingerprint density at radius 2 is 2.23 bits per heavy atom. The van der Waals surface area contributed by atoms with Gasteiger partial charge in [-0.1, -0.05) is 11.6 Å². The predicted molar refractivity (Wildman–Crippen MR) is 49.8 cm³/mol. The minimum absolute atomic E-state index is 0.143. The van der Waals surface area contributed by atoms with Gasteiger partial charge < -0.3 is 5.73 Å². The SMILES string of the molecule is NCc1cc(C(F)F)c(Cl)nc1Br. The Kier molecular flexibility index (Phi) is 3.58. The molecule has 0 saturated heterocycles. The number of hydrogen-bond acceptors (Lipinski definition) is 2. The van der Waals surface area contributed by atoms with Gasteiger partial charge in [-0.2, -0.15) is 0 Å². The standard InChI is InChI=1S/C7H6BrClF2N2/c8-5-3(2-12)1-4(7(10)11)6(9)13-5/h1,7H,2,12H2. The zero-order chi connectivity index (χ0) is 10.0. The summed E-state index contributed by atoms with van der Waals surface area (Å²) in [6.07, 6.45) is -2.63. The van der Waals surface area contributed by atoms with Crippen molar-refractivity contribution in [2.45, 2.75) is 13.0 Å². The summed E-state index contributed by atoms with van der Waals surface area (Å²) in [5.74, 6) is 0. The highest BCUT2D eigenvalue weighted by Gasteiger charge is 2.15. The smallest absolute Gasteiger partial charge is 0.266 e. The topological polar surface area (TPSA) is 38.9 Å². The van der Waals surface area contributed by atoms with E-state index in [1.54, 1.807) is 0 Å². The molecule has 6 heteroatoms. The number of pyridine rings is 1. The number of hydrogen-bond donors (Lipinski definition) is 1. The molecule has 0 fully saturated rings. The van der Waals surface area contributed by atoms with Crippen LogP contribution in [0.3, 0.4) is 0 Å². The van der Waals surface area contributed by atoms with Crippen molar-refractivity contribution in [3.63, 3.8) is 0 Å². The van der Waals surface area contributed by atoms with Gasteiger partial charge in [-0.25, -0.2) is 13.8 Å². The van der Waals surface area contributed by atoms with Gasteiger partial charge in [0.25, 0.3) is 6.43 Å². The summed E-state index contributed by atoms with van der Waals surface area (Å²) < 4.78 is 25.0. The zero-order valence-corrected chi connectivity index (χ0v) is 8.74. The number of alkyl halides is 2. The first-order valence-corrected chi connectivity index (χ1v) is 4.56. The van der Waals surface area contributed by atoms with Crippen LogP contribution in [-0.2, 0) is 6.54 Å². The van der Waals surface area contributed by atoms with Gasteiger partial charge in [0.2, 0.25) is 0 Å². The van der Waals surface area contributed by atoms with Crippen molar-refractivity contribution in [2.24, 2.45) is 5.73 Å². The summed E-state index contributed by atoms with van der Waals surface area (Å²) in [6, 6.07) is 1.25. The third-order valence-electron chi connectivity index (χ3n) is 1.48. The Balaban J connectivity index is 3.22. The quantitative estimate of drug-likeness (QED) is 0.840. The molecular formula is C7H6BrClF2N2. The van der Waals surface area contributed by atoms with E-state index < -0.39 is 6.43 Å². The maximum absolute atomic E-state index is 12.3. The first-order valence-electron chi connectivity index (χ1n) is 3.39. The summed E-state index contributed by atoms with van der Waals surface area (Å²) in [7, 11) is 0. The molecule has 0 bridgehead atoms. The summed E-state index contributed by atoms with van der Waals surface area (Å²) in [4.78, 5) is 3.69. The van der Waals surface area contributed by atoms with Gasteiger partial charge in [-0.05, 0) is 27.6 Å². The number of nitrogens with two attached hydrogens (primary N) is 1. The van der Waals surface area contributed by atoms with Crippen LogP contribution in [0.1, 0.15) is 17.6 Å². The molecule has 1 heterocycles. The van der Waals surface area contributed by atoms with Gasteiger partial charge in [-0.3, -0.25) is 0 Å². The fourth-order valence-corrected chi connectivity index (χ4v) is 1.60. The van der Waals surface area contributed by atoms with Crippen molar-refractivity contribution in [2.75, 3.05) is 0 Å². The lowest BCUT2D eigenvalue weighted by Crippen LogP contribution is -2.01. The van der Waals surface area contributed by atoms with Gasteiger partial charge in [0.15, 0.2) is 0 Å². The molecule has 2 nitrogen and oxygen atoms in total. The summed E-state index contributed by atoms with van der Waals surface area (Å²) >= 11 is 8.56. The van der Waals surface area contributed by atoms with Crippen molar-refractivity contribution in [3.8, 4) is 0 Å². The molecule has 0 radical (unpaired) electrons. The Morgan fingerprint density at radius 3 is 2.69 bits per heavy atom. The third kappa shape index (κ3) is 2.36. The van der Waals surface area contributed by atoms with Crippen molar-refractivity contribution in [3.05, 3.63) is 26.9 Å². The van der Waals surface area contributed by atoms with Crippen LogP contribution in [0, 0.1) is 0 Å². The molecule has 0 aliphatic carbocycles. The van der Waals surface area contributed by atoms with E-state index >= 15 is 0 Å². The lowest BCUT2D eigenvalue weighted by atomic mass is 10.2. The van der Waals surface area contributed by atoms with E-state index in [1.807, 2.05) is 0 Å². The van der Waals surface area contributed by atoms with E-state index in [2.05, 4.69) is 20.9 Å². The molecule has 0 atom stereocenters. The monoisotopic (exact) mass is 270 g/mol. The van der Waals surface area contributed by atoms with Crippen molar-refractivity contribution >= 4 is 27.5 Å². The zero-order valence-electron chi connectivity index (χ0n) is 6.40. The average molecular weight is 271 g/mol. The molecule has 1 aromatic rings. The van der Waals surface area contributed by atoms with Crippen LogP contribution < -0.4 is 5.73 Å². The molecule has 0 unspecified atom stereocenters. The van der Waals surface area contributed by atoms with E-state index in [1.165, 1.54) is 6.07 Å². The molecule has 1 aromatic heterocycles. The van der Waals surface area contributed by atoms with Gasteiger partial charge >= 0.3 is 0 Å². The third-order valence-corrected chi connectivity index (χ3v) is 2.47. The number of halogens is 4. The van der Waals surface area contributed by atoms with Crippen molar-refractivity contribution in [1.29, 1.82) is 0 Å². The fraction of sp³-hybridized carbons (Fsp3) is 0.286. The van der Waals surface area contributed by atoms with Gasteiger partial charge in [0, 0.05) is 6.54 Å². The normalized spacial score (nSPS) is 10.9. The lowest BCUT2D eigenvalue weighted by molar-refractivity contribution is 0.151. The van der Waals surface area contributed by atoms with E-state index in [0.717, 1.165) is 0 Å². The van der Waals surface area contributed by atoms with E-state index in [4.69, 9.17) is 17.3 Å². The summed E-state index contributed by atoms with van der Waals surface area (Å²) in [5, 5.41) is -0.195. The van der Waals surface area contributed by atoms with Gasteiger partial charge in [0.1, 0.15) is 9.76 Å². The Hall–Kier alpha value is -0.260. The van der Waals surface area contributed by atoms with Crippen molar-refractivity contribution in [1.82, 2.24) is 4.98 Å². The van der Waals surface area contributed by atoms with E-state index in [0.29, 0.717) is 10.2 Å². The molecule has 0 amide bonds. The van der Waals surface area contributed by atoms with Crippen LogP contribution in [0.4, 0.5) is 8.78 Å². The van der Waals surface area contributed by atoms with Crippen LogP contribution in [0.15, 0.2) is 10.7 Å². The Morgan fingerprint density at radius 1 is 1.62 bits per heavy atom. The molecule has 0 aliphatic heterocycles. The van der Waals surface area contributed by atoms with Gasteiger partial charge in [-0.15, -0.1) is 0 Å². The van der Waals surface area contributed by atoms with E-state index in [9.17, 15) is 8.78 Å². The highest BCUT2D eigenvalue weighted by atomic mass is 79.9. The molecule has 13 heavy (non-hydrogen) atoms. The lowest BCUT2D eigenvalue weighted by Gasteiger charge is -2.06. The molecular weight excluding hydrogens is 265 g/mol. The summed E-state index contributed by atoms with van der Waals surface area (Å²) in [6.45, 7) is 0.143. The highest BCUT2D eigenvalue weighted by molar-refractivity contribution is 9.10. The Bertz CT molecular complexity index is 320. The first kappa shape index (κ1) is 10.8. The maximum Gasteiger partial charge on any atom is 0.266 e. The number of nitrogens with zero attached hydrogens (tertiary/aromatic N) is 1. The molecule has 0 spiro atoms. The second kappa shape index (κ2) is 4.30. The molecule has 1 rings (SSSR count). The minimum atomic E-state index is -2.63. The fourth-order valence-electron chi connectivity index (χ4n) is 0.826. The number of rotatable bonds is 2. The van der Waals surface area contributed by atoms with Crippen LogP contribution in [0.25, 0.3) is 0 Å². The first-order chi connectivity index (χ1) is 6.06. The molecule has 72 valence electrons. The van der Waals surface area contributed by atoms with Crippen molar-refractivity contribution < 1.29 is 8.78 Å². The molecule has 0 saturated carbocycles. The number of aromatic nitrogens is 1. The summed E-state index contributed by atoms with van der Waals surface area (Å²) in [5.41, 5.74) is 5.54. The Labute approximate surface area is 87.2 Å². The highest BCUT2D eigenvalue weighted by Crippen LogP contribution is 2.29.